The van der Waals surface area contributed by atoms with E-state index in [0.29, 0.717) is 21.2 Å². The Hall–Kier alpha value is -2.15. The molecule has 2 N–H and O–H groups in total. The van der Waals surface area contributed by atoms with Crippen LogP contribution in [-0.2, 0) is 4.84 Å². The standard InChI is InChI=1S/C15H9Cl2N3O2S/c16-9-2-3-10(11(17)6-9)14(18)20-22-15(21)8-1-4-12-13(5-8)23-7-19-12/h1-7H,(H2,18,20). The minimum absolute atomic E-state index is 0.0149. The van der Waals surface area contributed by atoms with E-state index in [1.165, 1.54) is 17.4 Å². The van der Waals surface area contributed by atoms with E-state index in [1.54, 1.807) is 35.8 Å². The van der Waals surface area contributed by atoms with Crippen molar-refractivity contribution in [3.63, 3.8) is 0 Å². The molecule has 0 saturated heterocycles. The molecule has 1 aromatic heterocycles. The molecule has 3 rings (SSSR count). The van der Waals surface area contributed by atoms with E-state index in [1.807, 2.05) is 0 Å². The molecule has 8 heteroatoms. The van der Waals surface area contributed by atoms with E-state index in [-0.39, 0.29) is 5.84 Å². The first-order valence-corrected chi connectivity index (χ1v) is 8.01. The number of hydrogen-bond donors (Lipinski definition) is 1. The van der Waals surface area contributed by atoms with Crippen LogP contribution >= 0.6 is 34.5 Å². The van der Waals surface area contributed by atoms with Gasteiger partial charge in [-0.25, -0.2) is 9.78 Å². The van der Waals surface area contributed by atoms with Crippen LogP contribution in [0, 0.1) is 0 Å². The molecule has 23 heavy (non-hydrogen) atoms. The fourth-order valence-electron chi connectivity index (χ4n) is 1.87. The minimum atomic E-state index is -0.617. The van der Waals surface area contributed by atoms with Crippen molar-refractivity contribution in [1.29, 1.82) is 0 Å². The van der Waals surface area contributed by atoms with Gasteiger partial charge in [-0.3, -0.25) is 0 Å². The topological polar surface area (TPSA) is 77.6 Å². The molecule has 5 nitrogen and oxygen atoms in total. The van der Waals surface area contributed by atoms with Gasteiger partial charge in [-0.05, 0) is 36.4 Å². The number of halogens is 2. The lowest BCUT2D eigenvalue weighted by molar-refractivity contribution is 0.0516. The number of carbonyl (C=O) groups excluding carboxylic acids is 1. The van der Waals surface area contributed by atoms with Gasteiger partial charge in [0, 0.05) is 10.6 Å². The van der Waals surface area contributed by atoms with Gasteiger partial charge in [0.05, 0.1) is 26.3 Å². The third-order valence-corrected chi connectivity index (χ3v) is 4.34. The lowest BCUT2D eigenvalue weighted by atomic mass is 10.2. The maximum Gasteiger partial charge on any atom is 0.365 e. The summed E-state index contributed by atoms with van der Waals surface area (Å²) < 4.78 is 0.886. The summed E-state index contributed by atoms with van der Waals surface area (Å²) in [5.74, 6) is -0.632. The lowest BCUT2D eigenvalue weighted by Gasteiger charge is -2.04. The van der Waals surface area contributed by atoms with Gasteiger partial charge in [-0.15, -0.1) is 11.3 Å². The molecule has 0 fully saturated rings. The Bertz CT molecular complexity index is 924. The summed E-state index contributed by atoms with van der Waals surface area (Å²) in [5, 5.41) is 4.43. The Morgan fingerprint density at radius 2 is 2.04 bits per heavy atom. The van der Waals surface area contributed by atoms with Crippen molar-refractivity contribution < 1.29 is 9.63 Å². The molecule has 0 bridgehead atoms. The number of rotatable bonds is 3. The maximum absolute atomic E-state index is 12.0. The van der Waals surface area contributed by atoms with Crippen molar-refractivity contribution in [3.05, 3.63) is 63.1 Å². The number of nitrogens with zero attached hydrogens (tertiary/aromatic N) is 2. The van der Waals surface area contributed by atoms with Gasteiger partial charge in [-0.2, -0.15) is 0 Å². The third kappa shape index (κ3) is 3.44. The van der Waals surface area contributed by atoms with E-state index in [0.717, 1.165) is 10.2 Å². The average molecular weight is 366 g/mol. The summed E-state index contributed by atoms with van der Waals surface area (Å²) in [6.45, 7) is 0. The number of oxime groups is 1. The molecule has 0 spiro atoms. The second-order valence-electron chi connectivity index (χ2n) is 4.51. The summed E-state index contributed by atoms with van der Waals surface area (Å²) in [4.78, 5) is 21.0. The van der Waals surface area contributed by atoms with Crippen LogP contribution in [0.3, 0.4) is 0 Å². The van der Waals surface area contributed by atoms with E-state index in [4.69, 9.17) is 33.8 Å². The number of fused-ring (bicyclic) bond motifs is 1. The number of nitrogens with two attached hydrogens (primary N) is 1. The van der Waals surface area contributed by atoms with Crippen molar-refractivity contribution in [1.82, 2.24) is 4.98 Å². The molecule has 3 aromatic rings. The van der Waals surface area contributed by atoms with Gasteiger partial charge in [0.1, 0.15) is 0 Å². The van der Waals surface area contributed by atoms with Crippen LogP contribution in [0.5, 0.6) is 0 Å². The SMILES string of the molecule is N/C(=N\OC(=O)c1ccc2ncsc2c1)c1ccc(Cl)cc1Cl. The quantitative estimate of drug-likeness (QED) is 0.328. The van der Waals surface area contributed by atoms with Crippen LogP contribution in [0.2, 0.25) is 10.0 Å². The molecular formula is C15H9Cl2N3O2S. The van der Waals surface area contributed by atoms with Gasteiger partial charge in [0.25, 0.3) is 0 Å². The second kappa shape index (κ2) is 6.54. The lowest BCUT2D eigenvalue weighted by Crippen LogP contribution is -2.15. The van der Waals surface area contributed by atoms with Crippen molar-refractivity contribution in [2.24, 2.45) is 10.9 Å². The summed E-state index contributed by atoms with van der Waals surface area (Å²) in [6.07, 6.45) is 0. The Morgan fingerprint density at radius 3 is 2.83 bits per heavy atom. The van der Waals surface area contributed by atoms with Crippen LogP contribution in [0.1, 0.15) is 15.9 Å². The zero-order chi connectivity index (χ0) is 16.4. The molecule has 0 saturated carbocycles. The molecule has 0 radical (unpaired) electrons. The molecule has 2 aromatic carbocycles. The normalized spacial score (nSPS) is 11.7. The zero-order valence-electron chi connectivity index (χ0n) is 11.5. The Labute approximate surface area is 145 Å². The van der Waals surface area contributed by atoms with Crippen molar-refractivity contribution >= 4 is 56.6 Å². The van der Waals surface area contributed by atoms with E-state index < -0.39 is 5.97 Å². The highest BCUT2D eigenvalue weighted by atomic mass is 35.5. The van der Waals surface area contributed by atoms with Gasteiger partial charge in [0.2, 0.25) is 0 Å². The molecule has 0 amide bonds. The second-order valence-corrected chi connectivity index (χ2v) is 6.24. The smallest absolute Gasteiger partial charge is 0.365 e. The van der Waals surface area contributed by atoms with Crippen LogP contribution in [-0.4, -0.2) is 16.8 Å². The number of benzene rings is 2. The first-order valence-electron chi connectivity index (χ1n) is 6.38. The minimum Gasteiger partial charge on any atom is -0.380 e. The fraction of sp³-hybridized carbons (Fsp3) is 0. The van der Waals surface area contributed by atoms with Crippen LogP contribution < -0.4 is 5.73 Å². The Kier molecular flexibility index (Phi) is 4.47. The van der Waals surface area contributed by atoms with Gasteiger partial charge in [-0.1, -0.05) is 28.4 Å². The summed E-state index contributed by atoms with van der Waals surface area (Å²) in [7, 11) is 0. The van der Waals surface area contributed by atoms with Crippen LogP contribution in [0.4, 0.5) is 0 Å². The van der Waals surface area contributed by atoms with Gasteiger partial charge < -0.3 is 10.6 Å². The first kappa shape index (κ1) is 15.7. The van der Waals surface area contributed by atoms with Crippen LogP contribution in [0.25, 0.3) is 10.2 Å². The highest BCUT2D eigenvalue weighted by molar-refractivity contribution is 7.16. The third-order valence-electron chi connectivity index (χ3n) is 3.00. The first-order chi connectivity index (χ1) is 11.0. The molecule has 0 aliphatic heterocycles. The molecule has 0 unspecified atom stereocenters. The van der Waals surface area contributed by atoms with Crippen molar-refractivity contribution in [2.75, 3.05) is 0 Å². The Morgan fingerprint density at radius 1 is 1.22 bits per heavy atom. The van der Waals surface area contributed by atoms with Crippen molar-refractivity contribution in [2.45, 2.75) is 0 Å². The summed E-state index contributed by atoms with van der Waals surface area (Å²) in [5.41, 5.74) is 9.11. The predicted molar refractivity (Wildman–Crippen MR) is 92.2 cm³/mol. The Balaban J connectivity index is 1.79. The number of carbonyl (C=O) groups is 1. The largest absolute Gasteiger partial charge is 0.380 e. The van der Waals surface area contributed by atoms with Crippen molar-refractivity contribution in [3.8, 4) is 0 Å². The number of hydrogen-bond acceptors (Lipinski definition) is 5. The highest BCUT2D eigenvalue weighted by Gasteiger charge is 2.11. The molecule has 0 aliphatic rings. The molecular weight excluding hydrogens is 357 g/mol. The predicted octanol–water partition coefficient (Wildman–Crippen LogP) is 4.08. The van der Waals surface area contributed by atoms with Gasteiger partial charge >= 0.3 is 5.97 Å². The zero-order valence-corrected chi connectivity index (χ0v) is 13.8. The molecule has 116 valence electrons. The molecule has 0 aliphatic carbocycles. The number of aromatic nitrogens is 1. The van der Waals surface area contributed by atoms with Crippen LogP contribution in [0.15, 0.2) is 47.1 Å². The van der Waals surface area contributed by atoms with E-state index in [2.05, 4.69) is 10.1 Å². The van der Waals surface area contributed by atoms with E-state index >= 15 is 0 Å². The van der Waals surface area contributed by atoms with E-state index in [9.17, 15) is 4.79 Å². The number of thiazole rings is 1. The fourth-order valence-corrected chi connectivity index (χ4v) is 3.09. The maximum atomic E-state index is 12.0. The molecule has 1 heterocycles. The molecule has 0 atom stereocenters. The number of amidine groups is 1. The highest BCUT2D eigenvalue weighted by Crippen LogP contribution is 2.21. The summed E-state index contributed by atoms with van der Waals surface area (Å²) >= 11 is 13.3. The average Bonchev–Trinajstić information content (AvgIpc) is 2.99. The summed E-state index contributed by atoms with van der Waals surface area (Å²) in [6, 6.07) is 9.79. The monoisotopic (exact) mass is 365 g/mol. The van der Waals surface area contributed by atoms with Gasteiger partial charge in [0.15, 0.2) is 5.84 Å².